The predicted molar refractivity (Wildman–Crippen MR) is 49.6 cm³/mol. The maximum absolute atomic E-state index is 12.9. The third-order valence-corrected chi connectivity index (χ3v) is 2.78. The summed E-state index contributed by atoms with van der Waals surface area (Å²) < 4.78 is 25.9. The highest BCUT2D eigenvalue weighted by Crippen LogP contribution is 2.46. The fraction of sp³-hybridized carbons (Fsp3) is 0.455. The first-order valence-electron chi connectivity index (χ1n) is 4.74. The second-order valence-electron chi connectivity index (χ2n) is 3.85. The Bertz CT molecular complexity index is 336. The van der Waals surface area contributed by atoms with Gasteiger partial charge in [0.1, 0.15) is 5.75 Å². The molecule has 1 fully saturated rings. The number of phenolic OH excluding ortho intramolecular Hbond substituents is 1. The normalized spacial score (nSPS) is 25.1. The van der Waals surface area contributed by atoms with E-state index in [-0.39, 0.29) is 24.5 Å². The van der Waals surface area contributed by atoms with Gasteiger partial charge >= 0.3 is 0 Å². The lowest BCUT2D eigenvalue weighted by atomic mass is 9.97. The molecule has 76 valence electrons. The summed E-state index contributed by atoms with van der Waals surface area (Å²) in [5.74, 6) is -2.60. The summed E-state index contributed by atoms with van der Waals surface area (Å²) in [5.41, 5.74) is 0.657. The van der Waals surface area contributed by atoms with Crippen LogP contribution in [0.25, 0.3) is 0 Å². The van der Waals surface area contributed by atoms with Crippen molar-refractivity contribution in [2.24, 2.45) is 0 Å². The van der Waals surface area contributed by atoms with Gasteiger partial charge in [-0.05, 0) is 24.0 Å². The Kier molecular flexibility index (Phi) is 2.17. The van der Waals surface area contributed by atoms with E-state index < -0.39 is 5.92 Å². The summed E-state index contributed by atoms with van der Waals surface area (Å²) >= 11 is 0. The molecule has 1 aliphatic carbocycles. The van der Waals surface area contributed by atoms with Crippen LogP contribution in [0.5, 0.6) is 5.75 Å². The molecule has 0 heterocycles. The van der Waals surface area contributed by atoms with E-state index in [0.717, 1.165) is 0 Å². The average molecular weight is 198 g/mol. The molecule has 0 saturated heterocycles. The minimum atomic E-state index is -2.55. The maximum Gasteiger partial charge on any atom is 0.248 e. The first kappa shape index (κ1) is 9.44. The lowest BCUT2D eigenvalue weighted by Gasteiger charge is -2.12. The molecule has 1 saturated carbocycles. The third-order valence-electron chi connectivity index (χ3n) is 2.78. The maximum atomic E-state index is 12.9. The average Bonchev–Trinajstić information content (AvgIpc) is 2.47. The van der Waals surface area contributed by atoms with Gasteiger partial charge in [0.15, 0.2) is 0 Å². The van der Waals surface area contributed by atoms with Crippen molar-refractivity contribution in [2.75, 3.05) is 0 Å². The Hall–Kier alpha value is -1.12. The highest BCUT2D eigenvalue weighted by atomic mass is 19.3. The van der Waals surface area contributed by atoms with E-state index in [9.17, 15) is 13.9 Å². The van der Waals surface area contributed by atoms with Crippen molar-refractivity contribution in [1.29, 1.82) is 0 Å². The Morgan fingerprint density at radius 1 is 1.29 bits per heavy atom. The lowest BCUT2D eigenvalue weighted by Crippen LogP contribution is -2.09. The van der Waals surface area contributed by atoms with Crippen molar-refractivity contribution in [3.05, 3.63) is 29.8 Å². The molecule has 3 heteroatoms. The molecule has 1 aromatic rings. The highest BCUT2D eigenvalue weighted by molar-refractivity contribution is 5.35. The van der Waals surface area contributed by atoms with Crippen LogP contribution >= 0.6 is 0 Å². The standard InChI is InChI=1S/C11H12F2O/c12-11(13)6-5-8(7-11)9-3-1-2-4-10(9)14/h1-4,8,14H,5-7H2. The van der Waals surface area contributed by atoms with Gasteiger partial charge in [0.25, 0.3) is 0 Å². The monoisotopic (exact) mass is 198 g/mol. The van der Waals surface area contributed by atoms with Gasteiger partial charge in [0, 0.05) is 12.8 Å². The van der Waals surface area contributed by atoms with Crippen LogP contribution < -0.4 is 0 Å². The van der Waals surface area contributed by atoms with Crippen LogP contribution in [0.3, 0.4) is 0 Å². The van der Waals surface area contributed by atoms with Crippen LogP contribution in [0.4, 0.5) is 8.78 Å². The van der Waals surface area contributed by atoms with E-state index >= 15 is 0 Å². The SMILES string of the molecule is Oc1ccccc1C1CCC(F)(F)C1. The number of alkyl halides is 2. The summed E-state index contributed by atoms with van der Waals surface area (Å²) in [6, 6.07) is 6.74. The summed E-state index contributed by atoms with van der Waals surface area (Å²) in [5, 5.41) is 9.50. The predicted octanol–water partition coefficient (Wildman–Crippen LogP) is 3.30. The van der Waals surface area contributed by atoms with E-state index in [4.69, 9.17) is 0 Å². The first-order valence-corrected chi connectivity index (χ1v) is 4.74. The van der Waals surface area contributed by atoms with Gasteiger partial charge in [0.05, 0.1) is 0 Å². The molecule has 1 N–H and O–H groups in total. The summed E-state index contributed by atoms with van der Waals surface area (Å²) in [4.78, 5) is 0. The van der Waals surface area contributed by atoms with Gasteiger partial charge in [-0.25, -0.2) is 8.78 Å². The Balaban J connectivity index is 2.22. The molecule has 1 nitrogen and oxygen atoms in total. The van der Waals surface area contributed by atoms with Crippen molar-refractivity contribution < 1.29 is 13.9 Å². The topological polar surface area (TPSA) is 20.2 Å². The molecular weight excluding hydrogens is 186 g/mol. The van der Waals surface area contributed by atoms with E-state index in [1.54, 1.807) is 24.3 Å². The molecule has 14 heavy (non-hydrogen) atoms. The van der Waals surface area contributed by atoms with E-state index in [1.807, 2.05) is 0 Å². The van der Waals surface area contributed by atoms with Gasteiger partial charge in [-0.2, -0.15) is 0 Å². The number of para-hydroxylation sites is 1. The number of aromatic hydroxyl groups is 1. The van der Waals surface area contributed by atoms with E-state index in [1.165, 1.54) is 0 Å². The highest BCUT2D eigenvalue weighted by Gasteiger charge is 2.40. The zero-order valence-corrected chi connectivity index (χ0v) is 7.71. The number of rotatable bonds is 1. The van der Waals surface area contributed by atoms with E-state index in [0.29, 0.717) is 12.0 Å². The minimum Gasteiger partial charge on any atom is -0.508 e. The smallest absolute Gasteiger partial charge is 0.248 e. The van der Waals surface area contributed by atoms with Gasteiger partial charge in [-0.3, -0.25) is 0 Å². The van der Waals surface area contributed by atoms with Gasteiger partial charge in [-0.15, -0.1) is 0 Å². The number of hydrogen-bond donors (Lipinski definition) is 1. The summed E-state index contributed by atoms with van der Waals surface area (Å²) in [7, 11) is 0. The number of benzene rings is 1. The second-order valence-corrected chi connectivity index (χ2v) is 3.85. The van der Waals surface area contributed by atoms with Crippen LogP contribution in [0.15, 0.2) is 24.3 Å². The third kappa shape index (κ3) is 1.72. The van der Waals surface area contributed by atoms with Crippen LogP contribution in [-0.2, 0) is 0 Å². The lowest BCUT2D eigenvalue weighted by molar-refractivity contribution is 0.00773. The zero-order chi connectivity index (χ0) is 10.2. The van der Waals surface area contributed by atoms with Crippen LogP contribution in [-0.4, -0.2) is 11.0 Å². The summed E-state index contributed by atoms with van der Waals surface area (Å²) in [6.07, 6.45) is 0.265. The molecule has 2 rings (SSSR count). The molecule has 0 radical (unpaired) electrons. The molecule has 0 aromatic heterocycles. The Morgan fingerprint density at radius 2 is 2.00 bits per heavy atom. The van der Waals surface area contributed by atoms with Crippen molar-refractivity contribution in [3.8, 4) is 5.75 Å². The van der Waals surface area contributed by atoms with Crippen molar-refractivity contribution in [3.63, 3.8) is 0 Å². The van der Waals surface area contributed by atoms with Crippen LogP contribution in [0, 0.1) is 0 Å². The fourth-order valence-electron chi connectivity index (χ4n) is 2.05. The van der Waals surface area contributed by atoms with Gasteiger partial charge in [0.2, 0.25) is 5.92 Å². The Labute approximate surface area is 81.4 Å². The minimum absolute atomic E-state index is 0.0635. The van der Waals surface area contributed by atoms with Crippen LogP contribution in [0.1, 0.15) is 30.7 Å². The molecule has 1 aliphatic rings. The number of halogens is 2. The van der Waals surface area contributed by atoms with E-state index in [2.05, 4.69) is 0 Å². The Morgan fingerprint density at radius 3 is 2.57 bits per heavy atom. The molecular formula is C11H12F2O. The number of hydrogen-bond acceptors (Lipinski definition) is 1. The van der Waals surface area contributed by atoms with Gasteiger partial charge in [-0.1, -0.05) is 18.2 Å². The van der Waals surface area contributed by atoms with Crippen LogP contribution in [0.2, 0.25) is 0 Å². The molecule has 0 aliphatic heterocycles. The van der Waals surface area contributed by atoms with Crippen molar-refractivity contribution in [2.45, 2.75) is 31.1 Å². The largest absolute Gasteiger partial charge is 0.508 e. The molecule has 1 aromatic carbocycles. The van der Waals surface area contributed by atoms with Crippen molar-refractivity contribution in [1.82, 2.24) is 0 Å². The quantitative estimate of drug-likeness (QED) is 0.734. The van der Waals surface area contributed by atoms with Gasteiger partial charge < -0.3 is 5.11 Å². The molecule has 0 spiro atoms. The zero-order valence-electron chi connectivity index (χ0n) is 7.71. The molecule has 0 bridgehead atoms. The molecule has 0 amide bonds. The fourth-order valence-corrected chi connectivity index (χ4v) is 2.05. The first-order chi connectivity index (χ1) is 6.58. The van der Waals surface area contributed by atoms with Crippen molar-refractivity contribution >= 4 is 0 Å². The molecule has 1 atom stereocenters. The summed E-state index contributed by atoms with van der Waals surface area (Å²) in [6.45, 7) is 0. The molecule has 1 unspecified atom stereocenters. The second kappa shape index (κ2) is 3.23. The number of phenols is 1.